The van der Waals surface area contributed by atoms with E-state index in [1.54, 1.807) is 0 Å². The van der Waals surface area contributed by atoms with Gasteiger partial charge in [0.2, 0.25) is 5.95 Å². The smallest absolute Gasteiger partial charge is 0.226 e. The van der Waals surface area contributed by atoms with Gasteiger partial charge in [-0.3, -0.25) is 0 Å². The monoisotopic (exact) mass is 349 g/mol. The fraction of sp³-hybridized carbons (Fsp3) is 0.368. The average molecular weight is 349 g/mol. The molecular formula is C19H23N7. The van der Waals surface area contributed by atoms with E-state index in [2.05, 4.69) is 19.8 Å². The third kappa shape index (κ3) is 3.12. The van der Waals surface area contributed by atoms with Crippen LogP contribution in [0.15, 0.2) is 36.5 Å². The summed E-state index contributed by atoms with van der Waals surface area (Å²) in [4.78, 5) is 25.0. The fourth-order valence-corrected chi connectivity index (χ4v) is 3.26. The van der Waals surface area contributed by atoms with Crippen LogP contribution in [0.5, 0.6) is 0 Å². The number of hydrogen-bond acceptors (Lipinski definition) is 7. The quantitative estimate of drug-likeness (QED) is 0.718. The Bertz CT molecular complexity index is 917. The van der Waals surface area contributed by atoms with E-state index in [0.717, 1.165) is 60.5 Å². The lowest BCUT2D eigenvalue weighted by molar-refractivity contribution is 0.639. The number of anilines is 3. The Morgan fingerprint density at radius 1 is 0.846 bits per heavy atom. The molecule has 3 heterocycles. The molecule has 1 saturated heterocycles. The minimum absolute atomic E-state index is 0.737. The first kappa shape index (κ1) is 16.5. The van der Waals surface area contributed by atoms with Crippen molar-refractivity contribution in [3.8, 4) is 0 Å². The number of nitrogens with zero attached hydrogens (tertiary/aromatic N) is 7. The zero-order valence-corrected chi connectivity index (χ0v) is 15.4. The Kier molecular flexibility index (Phi) is 4.28. The summed E-state index contributed by atoms with van der Waals surface area (Å²) in [6, 6.07) is 10.0. The molecule has 0 radical (unpaired) electrons. The Labute approximate surface area is 153 Å². The summed E-state index contributed by atoms with van der Waals surface area (Å²) < 4.78 is 0. The van der Waals surface area contributed by atoms with Crippen molar-refractivity contribution >= 4 is 28.6 Å². The van der Waals surface area contributed by atoms with Gasteiger partial charge in [-0.25, -0.2) is 15.0 Å². The third-order valence-corrected chi connectivity index (χ3v) is 4.65. The van der Waals surface area contributed by atoms with E-state index in [4.69, 9.17) is 9.97 Å². The third-order valence-electron chi connectivity index (χ3n) is 4.65. The molecule has 0 spiro atoms. The van der Waals surface area contributed by atoms with Crippen molar-refractivity contribution in [2.75, 3.05) is 55.0 Å². The highest BCUT2D eigenvalue weighted by Crippen LogP contribution is 2.23. The van der Waals surface area contributed by atoms with Gasteiger partial charge in [-0.1, -0.05) is 12.1 Å². The summed E-state index contributed by atoms with van der Waals surface area (Å²) in [7, 11) is 3.91. The molecule has 26 heavy (non-hydrogen) atoms. The number of rotatable bonds is 3. The highest BCUT2D eigenvalue weighted by Gasteiger charge is 2.21. The van der Waals surface area contributed by atoms with Crippen molar-refractivity contribution in [3.63, 3.8) is 0 Å². The van der Waals surface area contributed by atoms with Crippen LogP contribution in [0, 0.1) is 6.92 Å². The molecule has 1 fully saturated rings. The molecule has 0 amide bonds. The number of hydrogen-bond donors (Lipinski definition) is 0. The van der Waals surface area contributed by atoms with Crippen LogP contribution in [0.4, 0.5) is 17.6 Å². The standard InChI is InChI=1S/C19H23N7/c1-14-18(22-16-7-5-4-6-15(16)21-14)26-12-10-25(11-13-26)17-8-9-20-19(23-17)24(2)3/h4-9H,10-13H2,1-3H3. The van der Waals surface area contributed by atoms with Crippen LogP contribution in [0.25, 0.3) is 11.0 Å². The van der Waals surface area contributed by atoms with Crippen molar-refractivity contribution < 1.29 is 0 Å². The van der Waals surface area contributed by atoms with Crippen molar-refractivity contribution in [3.05, 3.63) is 42.2 Å². The first-order chi connectivity index (χ1) is 12.6. The molecule has 4 rings (SSSR count). The van der Waals surface area contributed by atoms with Gasteiger partial charge in [0.05, 0.1) is 16.7 Å². The number of benzene rings is 1. The van der Waals surface area contributed by atoms with E-state index in [9.17, 15) is 0 Å². The molecule has 7 heteroatoms. The highest BCUT2D eigenvalue weighted by atomic mass is 15.3. The minimum Gasteiger partial charge on any atom is -0.353 e. The molecule has 2 aromatic heterocycles. The van der Waals surface area contributed by atoms with Crippen molar-refractivity contribution in [1.82, 2.24) is 19.9 Å². The van der Waals surface area contributed by atoms with Gasteiger partial charge in [0.1, 0.15) is 5.82 Å². The van der Waals surface area contributed by atoms with Gasteiger partial charge in [0, 0.05) is 46.5 Å². The molecule has 1 aliphatic rings. The zero-order chi connectivity index (χ0) is 18.1. The van der Waals surface area contributed by atoms with Crippen molar-refractivity contribution in [1.29, 1.82) is 0 Å². The second-order valence-electron chi connectivity index (χ2n) is 6.70. The van der Waals surface area contributed by atoms with Crippen LogP contribution in [-0.2, 0) is 0 Å². The summed E-state index contributed by atoms with van der Waals surface area (Å²) in [5.41, 5.74) is 2.88. The normalized spacial score (nSPS) is 14.7. The first-order valence-corrected chi connectivity index (χ1v) is 8.85. The molecule has 0 unspecified atom stereocenters. The lowest BCUT2D eigenvalue weighted by Gasteiger charge is -2.36. The van der Waals surface area contributed by atoms with Crippen molar-refractivity contribution in [2.24, 2.45) is 0 Å². The molecule has 0 bridgehead atoms. The summed E-state index contributed by atoms with van der Waals surface area (Å²) in [5, 5.41) is 0. The number of piperazine rings is 1. The Morgan fingerprint density at radius 3 is 2.19 bits per heavy atom. The maximum absolute atomic E-state index is 4.85. The fourth-order valence-electron chi connectivity index (χ4n) is 3.26. The Hall–Kier alpha value is -2.96. The van der Waals surface area contributed by atoms with Gasteiger partial charge >= 0.3 is 0 Å². The van der Waals surface area contributed by atoms with Gasteiger partial charge in [0.25, 0.3) is 0 Å². The molecule has 0 N–H and O–H groups in total. The van der Waals surface area contributed by atoms with Crippen LogP contribution in [0.2, 0.25) is 0 Å². The summed E-state index contributed by atoms with van der Waals surface area (Å²) in [6.07, 6.45) is 1.82. The predicted molar refractivity (Wildman–Crippen MR) is 105 cm³/mol. The molecular weight excluding hydrogens is 326 g/mol. The van der Waals surface area contributed by atoms with E-state index in [1.165, 1.54) is 0 Å². The number of aryl methyl sites for hydroxylation is 1. The van der Waals surface area contributed by atoms with Crippen LogP contribution in [0.1, 0.15) is 5.69 Å². The summed E-state index contributed by atoms with van der Waals surface area (Å²) in [6.45, 7) is 5.63. The molecule has 0 aliphatic carbocycles. The van der Waals surface area contributed by atoms with Crippen LogP contribution in [0.3, 0.4) is 0 Å². The molecule has 3 aromatic rings. The van der Waals surface area contributed by atoms with Crippen LogP contribution >= 0.6 is 0 Å². The van der Waals surface area contributed by atoms with Gasteiger partial charge in [-0.15, -0.1) is 0 Å². The SMILES string of the molecule is Cc1nc2ccccc2nc1N1CCN(c2ccnc(N(C)C)n2)CC1. The van der Waals surface area contributed by atoms with Gasteiger partial charge < -0.3 is 14.7 Å². The predicted octanol–water partition coefficient (Wildman–Crippen LogP) is 2.12. The van der Waals surface area contributed by atoms with E-state index in [0.29, 0.717) is 0 Å². The van der Waals surface area contributed by atoms with E-state index >= 15 is 0 Å². The molecule has 0 saturated carbocycles. The first-order valence-electron chi connectivity index (χ1n) is 8.85. The van der Waals surface area contributed by atoms with Gasteiger partial charge in [-0.2, -0.15) is 4.98 Å². The molecule has 134 valence electrons. The lowest BCUT2D eigenvalue weighted by atomic mass is 10.2. The van der Waals surface area contributed by atoms with E-state index in [1.807, 2.05) is 62.4 Å². The van der Waals surface area contributed by atoms with E-state index in [-0.39, 0.29) is 0 Å². The molecule has 1 aromatic carbocycles. The van der Waals surface area contributed by atoms with Crippen LogP contribution < -0.4 is 14.7 Å². The van der Waals surface area contributed by atoms with Crippen LogP contribution in [-0.4, -0.2) is 60.2 Å². The Morgan fingerprint density at radius 2 is 1.50 bits per heavy atom. The maximum atomic E-state index is 4.85. The number of fused-ring (bicyclic) bond motifs is 1. The summed E-state index contributed by atoms with van der Waals surface area (Å²) >= 11 is 0. The lowest BCUT2D eigenvalue weighted by Crippen LogP contribution is -2.47. The maximum Gasteiger partial charge on any atom is 0.226 e. The zero-order valence-electron chi connectivity index (χ0n) is 15.4. The minimum atomic E-state index is 0.737. The average Bonchev–Trinajstić information content (AvgIpc) is 2.68. The number of para-hydroxylation sites is 2. The van der Waals surface area contributed by atoms with Crippen molar-refractivity contribution in [2.45, 2.75) is 6.92 Å². The van der Waals surface area contributed by atoms with E-state index < -0.39 is 0 Å². The topological polar surface area (TPSA) is 61.3 Å². The second kappa shape index (κ2) is 6.74. The Balaban J connectivity index is 1.52. The molecule has 7 nitrogen and oxygen atoms in total. The second-order valence-corrected chi connectivity index (χ2v) is 6.70. The molecule has 1 aliphatic heterocycles. The number of aromatic nitrogens is 4. The molecule has 0 atom stereocenters. The summed E-state index contributed by atoms with van der Waals surface area (Å²) in [5.74, 6) is 2.70. The van der Waals surface area contributed by atoms with Gasteiger partial charge in [0.15, 0.2) is 5.82 Å². The van der Waals surface area contributed by atoms with Gasteiger partial charge in [-0.05, 0) is 25.1 Å². The highest BCUT2D eigenvalue weighted by molar-refractivity contribution is 5.76. The largest absolute Gasteiger partial charge is 0.353 e.